The van der Waals surface area contributed by atoms with Crippen LogP contribution in [0, 0.1) is 5.92 Å². The van der Waals surface area contributed by atoms with Crippen LogP contribution in [0.3, 0.4) is 0 Å². The van der Waals surface area contributed by atoms with Gasteiger partial charge in [-0.3, -0.25) is 9.59 Å². The van der Waals surface area contributed by atoms with E-state index in [4.69, 9.17) is 39.5 Å². The number of nitrogens with one attached hydrogen (secondary N) is 1. The third-order valence-electron chi connectivity index (χ3n) is 3.51. The van der Waals surface area contributed by atoms with Gasteiger partial charge in [0.15, 0.2) is 6.61 Å². The number of carboxylic acids is 1. The van der Waals surface area contributed by atoms with Gasteiger partial charge in [0.05, 0.1) is 20.6 Å². The van der Waals surface area contributed by atoms with E-state index in [1.807, 2.05) is 0 Å². The Bertz CT molecular complexity index is 732. The van der Waals surface area contributed by atoms with Gasteiger partial charge in [0, 0.05) is 6.07 Å². The van der Waals surface area contributed by atoms with Crippen LogP contribution in [0.25, 0.3) is 0 Å². The fraction of sp³-hybridized carbons (Fsp3) is 0.250. The fourth-order valence-corrected chi connectivity index (χ4v) is 2.88. The summed E-state index contributed by atoms with van der Waals surface area (Å²) in [6.45, 7) is 1.27. The predicted molar refractivity (Wildman–Crippen MR) is 92.9 cm³/mol. The molecule has 5 nitrogen and oxygen atoms in total. The number of ether oxygens (including phenoxy) is 1. The van der Waals surface area contributed by atoms with E-state index in [1.165, 1.54) is 18.2 Å². The van der Waals surface area contributed by atoms with Crippen LogP contribution in [0.4, 0.5) is 0 Å². The monoisotopic (exact) mass is 389 g/mol. The summed E-state index contributed by atoms with van der Waals surface area (Å²) in [7, 11) is 0. The van der Waals surface area contributed by atoms with Crippen molar-refractivity contribution in [3.63, 3.8) is 0 Å². The zero-order valence-corrected chi connectivity index (χ0v) is 14.8. The molecule has 24 heavy (non-hydrogen) atoms. The minimum Gasteiger partial charge on any atom is -0.482 e. The summed E-state index contributed by atoms with van der Waals surface area (Å²) in [4.78, 5) is 23.5. The lowest BCUT2D eigenvalue weighted by atomic mass is 9.82. The molecule has 0 aromatic heterocycles. The van der Waals surface area contributed by atoms with E-state index < -0.39 is 23.3 Å². The molecule has 1 aromatic carbocycles. The minimum atomic E-state index is -1.05. The first kappa shape index (κ1) is 18.6. The Morgan fingerprint density at radius 2 is 1.88 bits per heavy atom. The number of aliphatic carboxylic acids is 1. The molecule has 0 heterocycles. The van der Waals surface area contributed by atoms with Gasteiger partial charge in [-0.25, -0.2) is 0 Å². The fourth-order valence-electron chi connectivity index (χ4n) is 2.29. The van der Waals surface area contributed by atoms with Crippen molar-refractivity contribution >= 4 is 46.7 Å². The van der Waals surface area contributed by atoms with Gasteiger partial charge in [0.2, 0.25) is 0 Å². The Morgan fingerprint density at radius 3 is 2.54 bits per heavy atom. The molecule has 2 unspecified atom stereocenters. The van der Waals surface area contributed by atoms with Gasteiger partial charge >= 0.3 is 5.97 Å². The van der Waals surface area contributed by atoms with Crippen LogP contribution in [-0.2, 0) is 9.59 Å². The lowest BCUT2D eigenvalue weighted by Gasteiger charge is -2.33. The third-order valence-corrected chi connectivity index (χ3v) is 4.53. The lowest BCUT2D eigenvalue weighted by molar-refractivity contribution is -0.142. The summed E-state index contributed by atoms with van der Waals surface area (Å²) in [5.74, 6) is -2.20. The van der Waals surface area contributed by atoms with Gasteiger partial charge in [0.1, 0.15) is 11.7 Å². The average Bonchev–Trinajstić information content (AvgIpc) is 2.49. The summed E-state index contributed by atoms with van der Waals surface area (Å²) in [5, 5.41) is 12.7. The van der Waals surface area contributed by atoms with E-state index >= 15 is 0 Å². The van der Waals surface area contributed by atoms with Gasteiger partial charge in [0.25, 0.3) is 5.91 Å². The number of hydrogen-bond donors (Lipinski definition) is 2. The normalized spacial score (nSPS) is 22.2. The number of hydrogen-bond acceptors (Lipinski definition) is 3. The third kappa shape index (κ3) is 4.23. The number of allylic oxidation sites excluding steroid dienone is 2. The SMILES string of the molecule is CC1(NC(=O)COc2cc(Cl)c(Cl)cc2Cl)C=CC=CC1C(=O)O. The molecule has 0 radical (unpaired) electrons. The molecule has 0 spiro atoms. The van der Waals surface area contributed by atoms with E-state index in [0.29, 0.717) is 0 Å². The zero-order valence-electron chi connectivity index (χ0n) is 12.6. The second kappa shape index (κ2) is 7.47. The van der Waals surface area contributed by atoms with Gasteiger partial charge < -0.3 is 15.2 Å². The Balaban J connectivity index is 2.03. The molecule has 1 aliphatic carbocycles. The van der Waals surface area contributed by atoms with E-state index in [-0.39, 0.29) is 27.4 Å². The second-order valence-corrected chi connectivity index (χ2v) is 6.60. The minimum absolute atomic E-state index is 0.209. The Hall–Kier alpha value is -1.69. The Morgan fingerprint density at radius 1 is 1.21 bits per heavy atom. The number of benzene rings is 1. The topological polar surface area (TPSA) is 75.6 Å². The molecule has 0 fully saturated rings. The number of halogens is 3. The predicted octanol–water partition coefficient (Wildman–Crippen LogP) is 3.73. The van der Waals surface area contributed by atoms with Crippen molar-refractivity contribution in [1.29, 1.82) is 0 Å². The zero-order chi connectivity index (χ0) is 17.9. The molecule has 0 bridgehead atoms. The summed E-state index contributed by atoms with van der Waals surface area (Å²) in [5.41, 5.74) is -1.05. The van der Waals surface area contributed by atoms with Crippen molar-refractivity contribution in [3.05, 3.63) is 51.5 Å². The largest absolute Gasteiger partial charge is 0.482 e. The van der Waals surface area contributed by atoms with Gasteiger partial charge in [-0.15, -0.1) is 0 Å². The summed E-state index contributed by atoms with van der Waals surface area (Å²) < 4.78 is 5.34. The van der Waals surface area contributed by atoms with E-state index in [0.717, 1.165) is 0 Å². The molecule has 2 N–H and O–H groups in total. The maximum atomic E-state index is 12.1. The van der Waals surface area contributed by atoms with Crippen molar-refractivity contribution in [2.75, 3.05) is 6.61 Å². The number of carbonyl (C=O) groups is 2. The van der Waals surface area contributed by atoms with E-state index in [1.54, 1.807) is 25.2 Å². The Kier molecular flexibility index (Phi) is 5.80. The summed E-state index contributed by atoms with van der Waals surface area (Å²) in [6.07, 6.45) is 6.43. The van der Waals surface area contributed by atoms with Gasteiger partial charge in [-0.2, -0.15) is 0 Å². The van der Waals surface area contributed by atoms with Crippen LogP contribution in [0.15, 0.2) is 36.4 Å². The molecule has 1 amide bonds. The second-order valence-electron chi connectivity index (χ2n) is 5.38. The maximum absolute atomic E-state index is 12.1. The van der Waals surface area contributed by atoms with Crippen LogP contribution in [0.1, 0.15) is 6.92 Å². The van der Waals surface area contributed by atoms with Gasteiger partial charge in [-0.05, 0) is 13.0 Å². The molecule has 128 valence electrons. The smallest absolute Gasteiger partial charge is 0.313 e. The Labute approximate surface area is 153 Å². The standard InChI is InChI=1S/C16H14Cl3NO4/c1-16(5-3-2-4-9(16)15(22)23)20-14(21)8-24-13-7-11(18)10(17)6-12(13)19/h2-7,9H,8H2,1H3,(H,20,21)(H,22,23). The number of rotatable bonds is 5. The number of carbonyl (C=O) groups excluding carboxylic acids is 1. The molecule has 1 aromatic rings. The molecule has 2 atom stereocenters. The van der Waals surface area contributed by atoms with Crippen LogP contribution in [-0.4, -0.2) is 29.1 Å². The highest BCUT2D eigenvalue weighted by Gasteiger charge is 2.38. The number of amides is 1. The molecular weight excluding hydrogens is 377 g/mol. The van der Waals surface area contributed by atoms with Crippen LogP contribution >= 0.6 is 34.8 Å². The molecule has 2 rings (SSSR count). The van der Waals surface area contributed by atoms with Gasteiger partial charge in [-0.1, -0.05) is 59.1 Å². The summed E-state index contributed by atoms with van der Waals surface area (Å²) in [6, 6.07) is 2.82. The highest BCUT2D eigenvalue weighted by Crippen LogP contribution is 2.33. The van der Waals surface area contributed by atoms with Crippen molar-refractivity contribution in [2.45, 2.75) is 12.5 Å². The van der Waals surface area contributed by atoms with E-state index in [9.17, 15) is 14.7 Å². The number of carboxylic acid groups (broad SMARTS) is 1. The molecule has 0 aliphatic heterocycles. The first-order valence-electron chi connectivity index (χ1n) is 6.90. The molecular formula is C16H14Cl3NO4. The van der Waals surface area contributed by atoms with Crippen LogP contribution in [0.5, 0.6) is 5.75 Å². The van der Waals surface area contributed by atoms with Crippen molar-refractivity contribution in [1.82, 2.24) is 5.32 Å². The van der Waals surface area contributed by atoms with Crippen LogP contribution < -0.4 is 10.1 Å². The first-order chi connectivity index (χ1) is 11.2. The van der Waals surface area contributed by atoms with Crippen molar-refractivity contribution in [3.8, 4) is 5.75 Å². The molecule has 1 aliphatic rings. The van der Waals surface area contributed by atoms with Crippen molar-refractivity contribution in [2.24, 2.45) is 5.92 Å². The van der Waals surface area contributed by atoms with Crippen molar-refractivity contribution < 1.29 is 19.4 Å². The van der Waals surface area contributed by atoms with Crippen LogP contribution in [0.2, 0.25) is 15.1 Å². The summed E-state index contributed by atoms with van der Waals surface area (Å²) >= 11 is 17.7. The highest BCUT2D eigenvalue weighted by molar-refractivity contribution is 6.43. The average molecular weight is 391 g/mol. The molecule has 0 saturated carbocycles. The van der Waals surface area contributed by atoms with E-state index in [2.05, 4.69) is 5.32 Å². The first-order valence-corrected chi connectivity index (χ1v) is 8.03. The molecule has 8 heteroatoms. The molecule has 0 saturated heterocycles. The highest BCUT2D eigenvalue weighted by atomic mass is 35.5. The quantitative estimate of drug-likeness (QED) is 0.751. The maximum Gasteiger partial charge on any atom is 0.313 e. The lowest BCUT2D eigenvalue weighted by Crippen LogP contribution is -2.53.